The lowest BCUT2D eigenvalue weighted by Gasteiger charge is -2.20. The third-order valence-corrected chi connectivity index (χ3v) is 1.45. The summed E-state index contributed by atoms with van der Waals surface area (Å²) >= 11 is 0. The van der Waals surface area contributed by atoms with Gasteiger partial charge in [0.15, 0.2) is 0 Å². The first-order valence-electron chi connectivity index (χ1n) is 3.94. The molecule has 0 aromatic heterocycles. The monoisotopic (exact) mass is 159 g/mol. The predicted molar refractivity (Wildman–Crippen MR) is 44.5 cm³/mol. The highest BCUT2D eigenvalue weighted by atomic mass is 16.4. The second kappa shape index (κ2) is 4.34. The van der Waals surface area contributed by atoms with Gasteiger partial charge in [-0.05, 0) is 5.92 Å². The lowest BCUT2D eigenvalue weighted by molar-refractivity contribution is -0.140. The van der Waals surface area contributed by atoms with Crippen molar-refractivity contribution in [1.82, 2.24) is 5.32 Å². The molecule has 66 valence electrons. The molecule has 0 aromatic rings. The van der Waals surface area contributed by atoms with Crippen molar-refractivity contribution >= 4 is 5.97 Å². The Labute approximate surface area is 67.8 Å². The standard InChI is InChI=1S/C8H17NO2/c1-5(2)7(8(10)11)9-6(3)4/h5-7,9H,1-4H3,(H,10,11). The van der Waals surface area contributed by atoms with Gasteiger partial charge in [0, 0.05) is 6.04 Å². The normalized spacial score (nSPS) is 14.0. The summed E-state index contributed by atoms with van der Waals surface area (Å²) in [7, 11) is 0. The highest BCUT2D eigenvalue weighted by Gasteiger charge is 2.21. The molecular weight excluding hydrogens is 142 g/mol. The maximum absolute atomic E-state index is 10.6. The Balaban J connectivity index is 4.01. The molecule has 11 heavy (non-hydrogen) atoms. The molecule has 0 bridgehead atoms. The van der Waals surface area contributed by atoms with Crippen LogP contribution < -0.4 is 5.32 Å². The van der Waals surface area contributed by atoms with E-state index in [2.05, 4.69) is 5.32 Å². The van der Waals surface area contributed by atoms with Crippen molar-refractivity contribution in [2.75, 3.05) is 0 Å². The van der Waals surface area contributed by atoms with Crippen LogP contribution >= 0.6 is 0 Å². The molecule has 3 nitrogen and oxygen atoms in total. The number of carboxylic acid groups (broad SMARTS) is 1. The van der Waals surface area contributed by atoms with Crippen molar-refractivity contribution in [2.24, 2.45) is 5.92 Å². The van der Waals surface area contributed by atoms with Crippen LogP contribution in [0.3, 0.4) is 0 Å². The van der Waals surface area contributed by atoms with Crippen molar-refractivity contribution in [1.29, 1.82) is 0 Å². The summed E-state index contributed by atoms with van der Waals surface area (Å²) in [6.07, 6.45) is 0. The topological polar surface area (TPSA) is 49.3 Å². The molecule has 0 saturated carbocycles. The molecule has 1 atom stereocenters. The maximum Gasteiger partial charge on any atom is 0.320 e. The maximum atomic E-state index is 10.6. The minimum atomic E-state index is -0.770. The quantitative estimate of drug-likeness (QED) is 0.645. The molecular formula is C8H17NO2. The summed E-state index contributed by atoms with van der Waals surface area (Å²) in [5, 5.41) is 11.7. The molecule has 0 rings (SSSR count). The summed E-state index contributed by atoms with van der Waals surface area (Å²) in [6, 6.07) is -0.200. The molecule has 1 unspecified atom stereocenters. The van der Waals surface area contributed by atoms with E-state index in [0.717, 1.165) is 0 Å². The second-order valence-corrected chi connectivity index (χ2v) is 3.38. The van der Waals surface area contributed by atoms with Crippen molar-refractivity contribution in [2.45, 2.75) is 39.8 Å². The minimum Gasteiger partial charge on any atom is -0.480 e. The van der Waals surface area contributed by atoms with E-state index in [0.29, 0.717) is 0 Å². The van der Waals surface area contributed by atoms with E-state index in [1.807, 2.05) is 27.7 Å². The van der Waals surface area contributed by atoms with Gasteiger partial charge in [-0.1, -0.05) is 27.7 Å². The Morgan fingerprint density at radius 1 is 1.27 bits per heavy atom. The van der Waals surface area contributed by atoms with Crippen LogP contribution in [-0.4, -0.2) is 23.2 Å². The van der Waals surface area contributed by atoms with Crippen LogP contribution in [0.5, 0.6) is 0 Å². The molecule has 0 heterocycles. The van der Waals surface area contributed by atoms with Crippen molar-refractivity contribution in [3.63, 3.8) is 0 Å². The Kier molecular flexibility index (Phi) is 4.11. The zero-order valence-electron chi connectivity index (χ0n) is 7.59. The van der Waals surface area contributed by atoms with Gasteiger partial charge in [-0.15, -0.1) is 0 Å². The Hall–Kier alpha value is -0.570. The molecule has 3 heteroatoms. The molecule has 0 aliphatic heterocycles. The number of rotatable bonds is 4. The van der Waals surface area contributed by atoms with Gasteiger partial charge in [-0.25, -0.2) is 0 Å². The predicted octanol–water partition coefficient (Wildman–Crippen LogP) is 1.09. The van der Waals surface area contributed by atoms with Gasteiger partial charge in [-0.2, -0.15) is 0 Å². The van der Waals surface area contributed by atoms with E-state index < -0.39 is 12.0 Å². The first kappa shape index (κ1) is 10.4. The number of carbonyl (C=O) groups is 1. The molecule has 0 fully saturated rings. The fourth-order valence-corrected chi connectivity index (χ4v) is 0.908. The third kappa shape index (κ3) is 3.98. The summed E-state index contributed by atoms with van der Waals surface area (Å²) in [5.41, 5.74) is 0. The van der Waals surface area contributed by atoms with Gasteiger partial charge < -0.3 is 10.4 Å². The Bertz CT molecular complexity index is 132. The van der Waals surface area contributed by atoms with Crippen molar-refractivity contribution in [3.8, 4) is 0 Å². The highest BCUT2D eigenvalue weighted by molar-refractivity contribution is 5.73. The molecule has 0 amide bonds. The van der Waals surface area contributed by atoms with E-state index in [4.69, 9.17) is 5.11 Å². The van der Waals surface area contributed by atoms with Crippen LogP contribution in [0.1, 0.15) is 27.7 Å². The van der Waals surface area contributed by atoms with Gasteiger partial charge in [0.05, 0.1) is 0 Å². The molecule has 0 aromatic carbocycles. The first-order chi connectivity index (χ1) is 4.95. The number of hydrogen-bond acceptors (Lipinski definition) is 2. The smallest absolute Gasteiger partial charge is 0.320 e. The van der Waals surface area contributed by atoms with E-state index in [1.165, 1.54) is 0 Å². The first-order valence-corrected chi connectivity index (χ1v) is 3.94. The molecule has 0 radical (unpaired) electrons. The average molecular weight is 159 g/mol. The van der Waals surface area contributed by atoms with Crippen LogP contribution in [0.25, 0.3) is 0 Å². The van der Waals surface area contributed by atoms with Gasteiger partial charge in [0.1, 0.15) is 6.04 Å². The number of carboxylic acids is 1. The molecule has 0 spiro atoms. The average Bonchev–Trinajstić information content (AvgIpc) is 1.81. The van der Waals surface area contributed by atoms with Crippen LogP contribution in [0, 0.1) is 5.92 Å². The van der Waals surface area contributed by atoms with Gasteiger partial charge >= 0.3 is 5.97 Å². The second-order valence-electron chi connectivity index (χ2n) is 3.38. The Morgan fingerprint density at radius 2 is 1.73 bits per heavy atom. The molecule has 0 saturated heterocycles. The van der Waals surface area contributed by atoms with Gasteiger partial charge in [-0.3, -0.25) is 4.79 Å². The largest absolute Gasteiger partial charge is 0.480 e. The van der Waals surface area contributed by atoms with Crippen LogP contribution in [0.4, 0.5) is 0 Å². The SMILES string of the molecule is CC(C)NC(C(=O)O)C(C)C. The Morgan fingerprint density at radius 3 is 1.82 bits per heavy atom. The number of aliphatic carboxylic acids is 1. The summed E-state index contributed by atoms with van der Waals surface area (Å²) in [6.45, 7) is 7.68. The van der Waals surface area contributed by atoms with Crippen molar-refractivity contribution in [3.05, 3.63) is 0 Å². The lowest BCUT2D eigenvalue weighted by Crippen LogP contribution is -2.44. The van der Waals surface area contributed by atoms with Gasteiger partial charge in [0.25, 0.3) is 0 Å². The van der Waals surface area contributed by atoms with E-state index in [-0.39, 0.29) is 12.0 Å². The summed E-state index contributed by atoms with van der Waals surface area (Å²) in [4.78, 5) is 10.6. The van der Waals surface area contributed by atoms with E-state index in [1.54, 1.807) is 0 Å². The number of hydrogen-bond donors (Lipinski definition) is 2. The van der Waals surface area contributed by atoms with Gasteiger partial charge in [0.2, 0.25) is 0 Å². The third-order valence-electron chi connectivity index (χ3n) is 1.45. The van der Waals surface area contributed by atoms with E-state index in [9.17, 15) is 4.79 Å². The van der Waals surface area contributed by atoms with Crippen LogP contribution in [0.15, 0.2) is 0 Å². The summed E-state index contributed by atoms with van der Waals surface area (Å²) < 4.78 is 0. The number of nitrogens with one attached hydrogen (secondary N) is 1. The molecule has 0 aliphatic carbocycles. The summed E-state index contributed by atoms with van der Waals surface area (Å²) in [5.74, 6) is -0.636. The fourth-order valence-electron chi connectivity index (χ4n) is 0.908. The molecule has 2 N–H and O–H groups in total. The van der Waals surface area contributed by atoms with Crippen LogP contribution in [0.2, 0.25) is 0 Å². The minimum absolute atomic E-state index is 0.134. The van der Waals surface area contributed by atoms with Crippen molar-refractivity contribution < 1.29 is 9.90 Å². The highest BCUT2D eigenvalue weighted by Crippen LogP contribution is 2.02. The molecule has 0 aliphatic rings. The van der Waals surface area contributed by atoms with E-state index >= 15 is 0 Å². The zero-order chi connectivity index (χ0) is 9.02. The zero-order valence-corrected chi connectivity index (χ0v) is 7.59. The van der Waals surface area contributed by atoms with Crippen LogP contribution in [-0.2, 0) is 4.79 Å². The fraction of sp³-hybridized carbons (Fsp3) is 0.875. The lowest BCUT2D eigenvalue weighted by atomic mass is 10.0.